The van der Waals surface area contributed by atoms with Crippen LogP contribution in [0.25, 0.3) is 0 Å². The van der Waals surface area contributed by atoms with Gasteiger partial charge in [0.05, 0.1) is 0 Å². The Morgan fingerprint density at radius 1 is 0.952 bits per heavy atom. The van der Waals surface area contributed by atoms with Crippen molar-refractivity contribution in [3.8, 4) is 0 Å². The molecule has 0 spiro atoms. The van der Waals surface area contributed by atoms with Gasteiger partial charge in [-0.25, -0.2) is 0 Å². The molecule has 0 saturated carbocycles. The van der Waals surface area contributed by atoms with Crippen molar-refractivity contribution >= 4 is 5.78 Å². The van der Waals surface area contributed by atoms with Crippen LogP contribution in [0.5, 0.6) is 0 Å². The van der Waals surface area contributed by atoms with Crippen LogP contribution in [0.4, 0.5) is 0 Å². The average molecular weight is 277 g/mol. The molecule has 2 aromatic carbocycles. The van der Waals surface area contributed by atoms with Gasteiger partial charge in [0, 0.05) is 30.5 Å². The Kier molecular flexibility index (Phi) is 3.12. The molecule has 0 bridgehead atoms. The first-order valence-corrected chi connectivity index (χ1v) is 7.72. The minimum absolute atomic E-state index is 0.217. The Morgan fingerprint density at radius 3 is 2.57 bits per heavy atom. The second-order valence-corrected chi connectivity index (χ2v) is 6.17. The number of hydrogen-bond acceptors (Lipinski definition) is 2. The summed E-state index contributed by atoms with van der Waals surface area (Å²) < 4.78 is 0. The van der Waals surface area contributed by atoms with E-state index in [0.717, 1.165) is 31.6 Å². The Labute approximate surface area is 125 Å². The molecule has 0 N–H and O–H groups in total. The lowest BCUT2D eigenvalue weighted by atomic mass is 9.85. The van der Waals surface area contributed by atoms with Gasteiger partial charge in [-0.15, -0.1) is 0 Å². The quantitative estimate of drug-likeness (QED) is 0.837. The highest BCUT2D eigenvalue weighted by Gasteiger charge is 2.42. The number of carbonyl (C=O) groups is 1. The minimum atomic E-state index is 0.217. The smallest absolute Gasteiger partial charge is 0.166 e. The molecule has 1 fully saturated rings. The fraction of sp³-hybridized carbons (Fsp3) is 0.316. The largest absolute Gasteiger partial charge is 0.298 e. The first-order chi connectivity index (χ1) is 10.3. The number of benzene rings is 2. The van der Waals surface area contributed by atoms with E-state index < -0.39 is 0 Å². The zero-order valence-corrected chi connectivity index (χ0v) is 12.0. The Morgan fingerprint density at radius 2 is 1.71 bits per heavy atom. The van der Waals surface area contributed by atoms with Gasteiger partial charge in [-0.3, -0.25) is 9.69 Å². The standard InChI is InChI=1S/C19H19NO/c21-19-16-9-5-4-8-15(16)18-13-20(11-10-17(18)19)12-14-6-2-1-3-7-14/h1-9,17-18H,10-13H2. The first kappa shape index (κ1) is 12.8. The number of rotatable bonds is 2. The maximum absolute atomic E-state index is 12.5. The van der Waals surface area contributed by atoms with Gasteiger partial charge in [0.15, 0.2) is 5.78 Å². The molecule has 0 aromatic heterocycles. The number of fused-ring (bicyclic) bond motifs is 3. The predicted molar refractivity (Wildman–Crippen MR) is 83.3 cm³/mol. The lowest BCUT2D eigenvalue weighted by Gasteiger charge is -2.34. The molecular formula is C19H19NO. The van der Waals surface area contributed by atoms with E-state index in [0.29, 0.717) is 11.7 Å². The molecule has 2 atom stereocenters. The molecule has 4 rings (SSSR count). The van der Waals surface area contributed by atoms with Crippen molar-refractivity contribution in [2.45, 2.75) is 18.9 Å². The van der Waals surface area contributed by atoms with E-state index in [4.69, 9.17) is 0 Å². The van der Waals surface area contributed by atoms with Crippen molar-refractivity contribution in [1.29, 1.82) is 0 Å². The zero-order chi connectivity index (χ0) is 14.2. The zero-order valence-electron chi connectivity index (χ0n) is 12.0. The van der Waals surface area contributed by atoms with E-state index in [1.54, 1.807) is 0 Å². The van der Waals surface area contributed by atoms with Gasteiger partial charge in [-0.05, 0) is 24.1 Å². The molecule has 2 aliphatic rings. The van der Waals surface area contributed by atoms with Crippen molar-refractivity contribution in [2.75, 3.05) is 13.1 Å². The fourth-order valence-corrected chi connectivity index (χ4v) is 3.88. The molecule has 2 heteroatoms. The average Bonchev–Trinajstić information content (AvgIpc) is 2.82. The third-order valence-corrected chi connectivity index (χ3v) is 4.91. The lowest BCUT2D eigenvalue weighted by molar-refractivity contribution is 0.0834. The first-order valence-electron chi connectivity index (χ1n) is 7.72. The molecule has 106 valence electrons. The van der Waals surface area contributed by atoms with Crippen LogP contribution in [0.1, 0.15) is 33.8 Å². The molecule has 0 radical (unpaired) electrons. The Hall–Kier alpha value is -1.93. The van der Waals surface area contributed by atoms with Gasteiger partial charge >= 0.3 is 0 Å². The van der Waals surface area contributed by atoms with Crippen LogP contribution in [0.3, 0.4) is 0 Å². The van der Waals surface area contributed by atoms with E-state index in [2.05, 4.69) is 47.4 Å². The van der Waals surface area contributed by atoms with E-state index in [1.165, 1.54) is 11.1 Å². The van der Waals surface area contributed by atoms with Crippen molar-refractivity contribution in [3.05, 3.63) is 71.3 Å². The second-order valence-electron chi connectivity index (χ2n) is 6.17. The SMILES string of the molecule is O=C1c2ccccc2C2CN(Cc3ccccc3)CCC12. The maximum Gasteiger partial charge on any atom is 0.166 e. The third-order valence-electron chi connectivity index (χ3n) is 4.91. The van der Waals surface area contributed by atoms with Crippen molar-refractivity contribution in [3.63, 3.8) is 0 Å². The molecule has 0 amide bonds. The lowest BCUT2D eigenvalue weighted by Crippen LogP contribution is -2.38. The molecule has 2 aromatic rings. The van der Waals surface area contributed by atoms with Crippen LogP contribution in [-0.4, -0.2) is 23.8 Å². The van der Waals surface area contributed by atoms with Crippen molar-refractivity contribution < 1.29 is 4.79 Å². The minimum Gasteiger partial charge on any atom is -0.298 e. The third kappa shape index (κ3) is 2.20. The van der Waals surface area contributed by atoms with Crippen LogP contribution in [0.15, 0.2) is 54.6 Å². The monoisotopic (exact) mass is 277 g/mol. The van der Waals surface area contributed by atoms with E-state index in [-0.39, 0.29) is 5.92 Å². The van der Waals surface area contributed by atoms with Gasteiger partial charge in [-0.2, -0.15) is 0 Å². The highest BCUT2D eigenvalue weighted by molar-refractivity contribution is 6.03. The summed E-state index contributed by atoms with van der Waals surface area (Å²) in [5, 5.41) is 0. The number of nitrogens with zero attached hydrogens (tertiary/aromatic N) is 1. The number of ketones is 1. The summed E-state index contributed by atoms with van der Waals surface area (Å²) in [5.41, 5.74) is 3.59. The van der Waals surface area contributed by atoms with E-state index in [9.17, 15) is 4.79 Å². The normalized spacial score (nSPS) is 24.7. The summed E-state index contributed by atoms with van der Waals surface area (Å²) in [6.45, 7) is 3.01. The summed E-state index contributed by atoms with van der Waals surface area (Å²) in [7, 11) is 0. The highest BCUT2D eigenvalue weighted by atomic mass is 16.1. The van der Waals surface area contributed by atoms with Crippen LogP contribution in [-0.2, 0) is 6.54 Å². The summed E-state index contributed by atoms with van der Waals surface area (Å²) in [6, 6.07) is 18.8. The molecule has 21 heavy (non-hydrogen) atoms. The van der Waals surface area contributed by atoms with Crippen molar-refractivity contribution in [1.82, 2.24) is 4.90 Å². The van der Waals surface area contributed by atoms with Crippen LogP contribution >= 0.6 is 0 Å². The van der Waals surface area contributed by atoms with Gasteiger partial charge in [0.25, 0.3) is 0 Å². The second kappa shape index (κ2) is 5.12. The number of likely N-dealkylation sites (tertiary alicyclic amines) is 1. The molecule has 1 saturated heterocycles. The van der Waals surface area contributed by atoms with E-state index in [1.807, 2.05) is 12.1 Å². The summed E-state index contributed by atoms with van der Waals surface area (Å²) in [6.07, 6.45) is 0.991. The topological polar surface area (TPSA) is 20.3 Å². The number of carbonyl (C=O) groups excluding carboxylic acids is 1. The van der Waals surface area contributed by atoms with Crippen LogP contribution in [0, 0.1) is 5.92 Å². The van der Waals surface area contributed by atoms with Crippen molar-refractivity contribution in [2.24, 2.45) is 5.92 Å². The molecular weight excluding hydrogens is 258 g/mol. The Balaban J connectivity index is 1.56. The number of Topliss-reactive ketones (excluding diaryl/α,β-unsaturated/α-hetero) is 1. The highest BCUT2D eigenvalue weighted by Crippen LogP contribution is 2.42. The predicted octanol–water partition coefficient (Wildman–Crippen LogP) is 3.49. The molecule has 2 unspecified atom stereocenters. The van der Waals surface area contributed by atoms with Gasteiger partial charge in [0.2, 0.25) is 0 Å². The maximum atomic E-state index is 12.5. The van der Waals surface area contributed by atoms with Gasteiger partial charge < -0.3 is 0 Å². The molecule has 1 heterocycles. The van der Waals surface area contributed by atoms with E-state index >= 15 is 0 Å². The molecule has 2 nitrogen and oxygen atoms in total. The summed E-state index contributed by atoms with van der Waals surface area (Å²) in [4.78, 5) is 15.0. The van der Waals surface area contributed by atoms with Crippen LogP contribution in [0.2, 0.25) is 0 Å². The van der Waals surface area contributed by atoms with Gasteiger partial charge in [0.1, 0.15) is 0 Å². The fourth-order valence-electron chi connectivity index (χ4n) is 3.88. The summed E-state index contributed by atoms with van der Waals surface area (Å²) >= 11 is 0. The number of piperidine rings is 1. The summed E-state index contributed by atoms with van der Waals surface area (Å²) in [5.74, 6) is 0.982. The Bertz CT molecular complexity index is 664. The molecule has 1 aliphatic heterocycles. The van der Waals surface area contributed by atoms with Crippen LogP contribution < -0.4 is 0 Å². The van der Waals surface area contributed by atoms with Gasteiger partial charge in [-0.1, -0.05) is 54.6 Å². The number of hydrogen-bond donors (Lipinski definition) is 0. The molecule has 1 aliphatic carbocycles.